The summed E-state index contributed by atoms with van der Waals surface area (Å²) in [4.78, 5) is 15.2. The van der Waals surface area contributed by atoms with Gasteiger partial charge >= 0.3 is 5.97 Å². The lowest BCUT2D eigenvalue weighted by atomic mass is 10.3. The third-order valence-corrected chi connectivity index (χ3v) is 3.94. The molecule has 0 unspecified atom stereocenters. The summed E-state index contributed by atoms with van der Waals surface area (Å²) in [6.07, 6.45) is 0. The second-order valence-electron chi connectivity index (χ2n) is 4.03. The molecule has 1 heterocycles. The summed E-state index contributed by atoms with van der Waals surface area (Å²) in [6, 6.07) is 5.49. The van der Waals surface area contributed by atoms with E-state index >= 15 is 0 Å². The molecule has 7 heteroatoms. The number of benzene rings is 1. The van der Waals surface area contributed by atoms with Gasteiger partial charge in [0.2, 0.25) is 0 Å². The third kappa shape index (κ3) is 3.45. The van der Waals surface area contributed by atoms with Gasteiger partial charge in [0.05, 0.1) is 28.4 Å². The monoisotopic (exact) mass is 314 g/mol. The number of carbonyl (C=O) groups is 1. The molecule has 0 fully saturated rings. The van der Waals surface area contributed by atoms with Gasteiger partial charge in [-0.1, -0.05) is 29.4 Å². The molecule has 0 aliphatic carbocycles. The highest BCUT2D eigenvalue weighted by Crippen LogP contribution is 2.29. The van der Waals surface area contributed by atoms with E-state index in [1.54, 1.807) is 6.07 Å². The number of halogens is 1. The highest BCUT2D eigenvalue weighted by molar-refractivity contribution is 7.99. The van der Waals surface area contributed by atoms with Crippen LogP contribution in [0.2, 0.25) is 5.02 Å². The first-order valence-electron chi connectivity index (χ1n) is 6.20. The number of ether oxygens (including phenoxy) is 1. The van der Waals surface area contributed by atoms with Crippen molar-refractivity contribution in [2.75, 3.05) is 19.0 Å². The van der Waals surface area contributed by atoms with E-state index in [1.807, 2.05) is 23.6 Å². The Kier molecular flexibility index (Phi) is 5.28. The first kappa shape index (κ1) is 15.2. The number of rotatable bonds is 7. The fraction of sp³-hybridized carbons (Fsp3) is 0.385. The molecule has 0 amide bonds. The van der Waals surface area contributed by atoms with Gasteiger partial charge in [-0.3, -0.25) is 4.79 Å². The predicted octanol–water partition coefficient (Wildman–Crippen LogP) is 2.90. The largest absolute Gasteiger partial charge is 0.481 e. The molecule has 0 spiro atoms. The molecule has 0 bridgehead atoms. The normalized spacial score (nSPS) is 11.1. The SMILES string of the molecule is CCOCCn1c(SCC(=O)O)nc2cccc(Cl)c21. The summed E-state index contributed by atoms with van der Waals surface area (Å²) in [6.45, 7) is 3.70. The Bertz CT molecular complexity index is 615. The maximum atomic E-state index is 10.7. The summed E-state index contributed by atoms with van der Waals surface area (Å²) in [5.74, 6) is -0.903. The summed E-state index contributed by atoms with van der Waals surface area (Å²) in [7, 11) is 0. The molecule has 0 saturated carbocycles. The third-order valence-electron chi connectivity index (χ3n) is 2.67. The summed E-state index contributed by atoms with van der Waals surface area (Å²) in [5.41, 5.74) is 1.59. The Labute approximate surface area is 125 Å². The molecule has 1 N–H and O–H groups in total. The molecule has 0 atom stereocenters. The van der Waals surface area contributed by atoms with Gasteiger partial charge in [0.15, 0.2) is 5.16 Å². The van der Waals surface area contributed by atoms with Crippen molar-refractivity contribution in [2.45, 2.75) is 18.6 Å². The zero-order chi connectivity index (χ0) is 14.5. The Morgan fingerprint density at radius 3 is 3.05 bits per heavy atom. The summed E-state index contributed by atoms with van der Waals surface area (Å²) < 4.78 is 7.28. The van der Waals surface area contributed by atoms with E-state index in [-0.39, 0.29) is 5.75 Å². The topological polar surface area (TPSA) is 64.3 Å². The molecule has 0 aliphatic rings. The van der Waals surface area contributed by atoms with Crippen molar-refractivity contribution < 1.29 is 14.6 Å². The number of aliphatic carboxylic acids is 1. The van der Waals surface area contributed by atoms with Crippen LogP contribution in [0.1, 0.15) is 6.92 Å². The van der Waals surface area contributed by atoms with Crippen LogP contribution in [0.4, 0.5) is 0 Å². The van der Waals surface area contributed by atoms with E-state index < -0.39 is 5.97 Å². The molecular formula is C13H15ClN2O3S. The minimum Gasteiger partial charge on any atom is -0.481 e. The van der Waals surface area contributed by atoms with Crippen molar-refractivity contribution in [3.05, 3.63) is 23.2 Å². The molecule has 108 valence electrons. The number of nitrogens with zero attached hydrogens (tertiary/aromatic N) is 2. The first-order valence-corrected chi connectivity index (χ1v) is 7.57. The lowest BCUT2D eigenvalue weighted by Gasteiger charge is -2.09. The predicted molar refractivity (Wildman–Crippen MR) is 79.6 cm³/mol. The quantitative estimate of drug-likeness (QED) is 0.629. The van der Waals surface area contributed by atoms with Crippen LogP contribution < -0.4 is 0 Å². The zero-order valence-corrected chi connectivity index (χ0v) is 12.6. The Morgan fingerprint density at radius 2 is 2.35 bits per heavy atom. The minimum absolute atomic E-state index is 0.0322. The van der Waals surface area contributed by atoms with Crippen molar-refractivity contribution in [1.82, 2.24) is 9.55 Å². The second kappa shape index (κ2) is 6.97. The standard InChI is InChI=1S/C13H15ClN2O3S/c1-2-19-7-6-16-12-9(14)4-3-5-10(12)15-13(16)20-8-11(17)18/h3-5H,2,6-8H2,1H3,(H,17,18). The van der Waals surface area contributed by atoms with Crippen molar-refractivity contribution >= 4 is 40.4 Å². The molecular weight excluding hydrogens is 300 g/mol. The van der Waals surface area contributed by atoms with Crippen LogP contribution in [0.3, 0.4) is 0 Å². The van der Waals surface area contributed by atoms with Crippen molar-refractivity contribution in [3.8, 4) is 0 Å². The van der Waals surface area contributed by atoms with Gasteiger partial charge < -0.3 is 14.4 Å². The van der Waals surface area contributed by atoms with Gasteiger partial charge in [0, 0.05) is 13.2 Å². The van der Waals surface area contributed by atoms with Crippen LogP contribution in [0.15, 0.2) is 23.4 Å². The highest BCUT2D eigenvalue weighted by atomic mass is 35.5. The zero-order valence-electron chi connectivity index (χ0n) is 11.0. The molecule has 0 saturated heterocycles. The summed E-state index contributed by atoms with van der Waals surface area (Å²) in [5, 5.41) is 10.1. The van der Waals surface area contributed by atoms with E-state index in [0.717, 1.165) is 11.0 Å². The smallest absolute Gasteiger partial charge is 0.313 e. The fourth-order valence-corrected chi connectivity index (χ4v) is 2.89. The molecule has 0 radical (unpaired) electrons. The van der Waals surface area contributed by atoms with Gasteiger partial charge in [-0.15, -0.1) is 0 Å². The van der Waals surface area contributed by atoms with Crippen LogP contribution >= 0.6 is 23.4 Å². The van der Waals surface area contributed by atoms with Gasteiger partial charge in [-0.25, -0.2) is 4.98 Å². The van der Waals surface area contributed by atoms with Crippen LogP contribution in [-0.4, -0.2) is 39.6 Å². The molecule has 0 aliphatic heterocycles. The van der Waals surface area contributed by atoms with Crippen LogP contribution in [0, 0.1) is 0 Å². The number of hydrogen-bond acceptors (Lipinski definition) is 4. The average molecular weight is 315 g/mol. The Morgan fingerprint density at radius 1 is 1.55 bits per heavy atom. The van der Waals surface area contributed by atoms with E-state index in [0.29, 0.717) is 29.9 Å². The van der Waals surface area contributed by atoms with Crippen molar-refractivity contribution in [3.63, 3.8) is 0 Å². The fourth-order valence-electron chi connectivity index (χ4n) is 1.86. The number of para-hydroxylation sites is 1. The van der Waals surface area contributed by atoms with E-state index in [1.165, 1.54) is 11.8 Å². The van der Waals surface area contributed by atoms with E-state index in [2.05, 4.69) is 4.98 Å². The van der Waals surface area contributed by atoms with Gasteiger partial charge in [0.1, 0.15) is 0 Å². The second-order valence-corrected chi connectivity index (χ2v) is 5.38. The molecule has 2 aromatic rings. The molecule has 5 nitrogen and oxygen atoms in total. The molecule has 2 rings (SSSR count). The number of imidazole rings is 1. The molecule has 1 aromatic heterocycles. The molecule has 20 heavy (non-hydrogen) atoms. The summed E-state index contributed by atoms with van der Waals surface area (Å²) >= 11 is 7.41. The maximum Gasteiger partial charge on any atom is 0.313 e. The van der Waals surface area contributed by atoms with Crippen LogP contribution in [0.5, 0.6) is 0 Å². The number of hydrogen-bond donors (Lipinski definition) is 1. The van der Waals surface area contributed by atoms with E-state index in [9.17, 15) is 4.79 Å². The first-order chi connectivity index (χ1) is 9.63. The lowest BCUT2D eigenvalue weighted by Crippen LogP contribution is -2.08. The van der Waals surface area contributed by atoms with Crippen LogP contribution in [-0.2, 0) is 16.1 Å². The lowest BCUT2D eigenvalue weighted by molar-refractivity contribution is -0.133. The van der Waals surface area contributed by atoms with Gasteiger partial charge in [-0.05, 0) is 19.1 Å². The van der Waals surface area contributed by atoms with Crippen molar-refractivity contribution in [2.24, 2.45) is 0 Å². The van der Waals surface area contributed by atoms with Gasteiger partial charge in [0.25, 0.3) is 0 Å². The van der Waals surface area contributed by atoms with Gasteiger partial charge in [-0.2, -0.15) is 0 Å². The maximum absolute atomic E-state index is 10.7. The number of aromatic nitrogens is 2. The van der Waals surface area contributed by atoms with Crippen LogP contribution in [0.25, 0.3) is 11.0 Å². The minimum atomic E-state index is -0.871. The average Bonchev–Trinajstić information content (AvgIpc) is 2.76. The molecule has 1 aromatic carbocycles. The number of carboxylic acids is 1. The highest BCUT2D eigenvalue weighted by Gasteiger charge is 2.14. The van der Waals surface area contributed by atoms with Crippen molar-refractivity contribution in [1.29, 1.82) is 0 Å². The number of carboxylic acid groups (broad SMARTS) is 1. The Hall–Kier alpha value is -1.24. The number of fused-ring (bicyclic) bond motifs is 1. The number of thioether (sulfide) groups is 1. The van der Waals surface area contributed by atoms with E-state index in [4.69, 9.17) is 21.4 Å². The Balaban J connectivity index is 2.35.